The zero-order valence-electron chi connectivity index (χ0n) is 23.6. The molecule has 4 aliphatic rings. The summed E-state index contributed by atoms with van der Waals surface area (Å²) in [4.78, 5) is 54.5. The molecule has 1 aliphatic heterocycles. The summed E-state index contributed by atoms with van der Waals surface area (Å²) in [6.07, 6.45) is -4.78. The summed E-state index contributed by atoms with van der Waals surface area (Å²) < 4.78 is 23.5. The van der Waals surface area contributed by atoms with Crippen molar-refractivity contribution in [3.05, 3.63) is 47.0 Å². The van der Waals surface area contributed by atoms with Gasteiger partial charge in [-0.2, -0.15) is 0 Å². The second-order valence-electron chi connectivity index (χ2n) is 12.2. The molecule has 1 aromatic rings. The van der Waals surface area contributed by atoms with Crippen LogP contribution in [0.1, 0.15) is 57.8 Å². The molecule has 0 aromatic heterocycles. The number of aliphatic hydroxyl groups is 2. The van der Waals surface area contributed by atoms with Gasteiger partial charge in [-0.05, 0) is 31.6 Å². The summed E-state index contributed by atoms with van der Waals surface area (Å²) in [6.45, 7) is 7.39. The van der Waals surface area contributed by atoms with Gasteiger partial charge in [0.1, 0.15) is 17.8 Å². The van der Waals surface area contributed by atoms with E-state index in [1.807, 2.05) is 0 Å². The lowest BCUT2D eigenvalue weighted by atomic mass is 9.45. The third-order valence-electron chi connectivity index (χ3n) is 10.00. The number of benzene rings is 1. The molecule has 1 aromatic carbocycles. The van der Waals surface area contributed by atoms with E-state index in [1.54, 1.807) is 51.1 Å². The highest BCUT2D eigenvalue weighted by Gasteiger charge is 2.78. The number of fused-ring (bicyclic) bond motifs is 5. The smallest absolute Gasteiger partial charge is 0.338 e. The number of rotatable bonds is 4. The summed E-state index contributed by atoms with van der Waals surface area (Å²) in [7, 11) is 1.43. The molecule has 2 N–H and O–H groups in total. The molecule has 3 aliphatic carbocycles. The van der Waals surface area contributed by atoms with Crippen molar-refractivity contribution < 1.29 is 48.3 Å². The highest BCUT2D eigenvalue weighted by molar-refractivity contribution is 6.46. The van der Waals surface area contributed by atoms with Crippen LogP contribution in [-0.2, 0) is 33.3 Å². The number of Topliss-reactive ketones (excluding diaryl/α,β-unsaturated/α-hetero) is 2. The summed E-state index contributed by atoms with van der Waals surface area (Å²) in [5.74, 6) is -4.57. The first kappa shape index (κ1) is 28.6. The van der Waals surface area contributed by atoms with Crippen LogP contribution in [0.25, 0.3) is 0 Å². The van der Waals surface area contributed by atoms with Gasteiger partial charge in [-0.1, -0.05) is 32.0 Å². The molecular formula is C30H36O10. The molecule has 5 rings (SSSR count). The summed E-state index contributed by atoms with van der Waals surface area (Å²) >= 11 is 0. The fourth-order valence-corrected chi connectivity index (χ4v) is 7.69. The third-order valence-corrected chi connectivity index (χ3v) is 10.00. The zero-order chi connectivity index (χ0) is 29.4. The average molecular weight is 557 g/mol. The van der Waals surface area contributed by atoms with E-state index >= 15 is 0 Å². The van der Waals surface area contributed by atoms with Crippen molar-refractivity contribution in [1.29, 1.82) is 0 Å². The zero-order valence-corrected chi connectivity index (χ0v) is 23.6. The highest BCUT2D eigenvalue weighted by Crippen LogP contribution is 2.63. The Morgan fingerprint density at radius 2 is 1.75 bits per heavy atom. The Hall–Kier alpha value is -2.92. The molecule has 2 bridgehead atoms. The van der Waals surface area contributed by atoms with Gasteiger partial charge in [-0.15, -0.1) is 0 Å². The molecule has 10 heteroatoms. The number of hydrogen-bond donors (Lipinski definition) is 2. The van der Waals surface area contributed by atoms with Crippen molar-refractivity contribution in [2.24, 2.45) is 16.7 Å². The van der Waals surface area contributed by atoms with E-state index in [4.69, 9.17) is 18.9 Å². The quantitative estimate of drug-likeness (QED) is 0.417. The van der Waals surface area contributed by atoms with E-state index in [0.717, 1.165) is 0 Å². The van der Waals surface area contributed by atoms with Crippen molar-refractivity contribution in [3.63, 3.8) is 0 Å². The molecule has 2 saturated carbocycles. The Morgan fingerprint density at radius 3 is 2.30 bits per heavy atom. The number of hydrogen-bond acceptors (Lipinski definition) is 10. The first-order valence-corrected chi connectivity index (χ1v) is 13.5. The van der Waals surface area contributed by atoms with Gasteiger partial charge in [0, 0.05) is 37.9 Å². The number of aliphatic hydroxyl groups excluding tert-OH is 1. The lowest BCUT2D eigenvalue weighted by Gasteiger charge is -2.66. The van der Waals surface area contributed by atoms with Gasteiger partial charge in [0.25, 0.3) is 0 Å². The van der Waals surface area contributed by atoms with Gasteiger partial charge >= 0.3 is 11.9 Å². The molecule has 1 unspecified atom stereocenters. The minimum Gasteiger partial charge on any atom is -0.455 e. The van der Waals surface area contributed by atoms with Crippen molar-refractivity contribution in [1.82, 2.24) is 0 Å². The van der Waals surface area contributed by atoms with Crippen LogP contribution in [0.2, 0.25) is 0 Å². The van der Waals surface area contributed by atoms with Gasteiger partial charge < -0.3 is 29.2 Å². The van der Waals surface area contributed by atoms with E-state index in [0.29, 0.717) is 5.57 Å². The largest absolute Gasteiger partial charge is 0.455 e. The highest BCUT2D eigenvalue weighted by atomic mass is 16.6. The molecule has 10 nitrogen and oxygen atoms in total. The van der Waals surface area contributed by atoms with E-state index in [2.05, 4.69) is 0 Å². The summed E-state index contributed by atoms with van der Waals surface area (Å²) in [5, 5.41) is 24.3. The minimum atomic E-state index is -2.00. The van der Waals surface area contributed by atoms with Gasteiger partial charge in [0.05, 0.1) is 35.7 Å². The Kier molecular flexibility index (Phi) is 6.65. The van der Waals surface area contributed by atoms with Crippen molar-refractivity contribution in [2.45, 2.75) is 83.1 Å². The normalized spacial score (nSPS) is 40.1. The summed E-state index contributed by atoms with van der Waals surface area (Å²) in [6, 6.07) is 8.15. The molecule has 40 heavy (non-hydrogen) atoms. The van der Waals surface area contributed by atoms with Crippen LogP contribution in [0.3, 0.4) is 0 Å². The van der Waals surface area contributed by atoms with E-state index in [-0.39, 0.29) is 30.6 Å². The van der Waals surface area contributed by atoms with Crippen LogP contribution in [-0.4, -0.2) is 83.1 Å². The van der Waals surface area contributed by atoms with Crippen molar-refractivity contribution in [3.8, 4) is 0 Å². The number of carbonyl (C=O) groups excluding carboxylic acids is 4. The number of ketones is 2. The topological polar surface area (TPSA) is 146 Å². The first-order chi connectivity index (χ1) is 18.7. The Morgan fingerprint density at radius 1 is 1.10 bits per heavy atom. The average Bonchev–Trinajstić information content (AvgIpc) is 2.90. The molecular weight excluding hydrogens is 520 g/mol. The predicted molar refractivity (Wildman–Crippen MR) is 139 cm³/mol. The number of ether oxygens (including phenoxy) is 4. The van der Waals surface area contributed by atoms with Crippen molar-refractivity contribution in [2.75, 3.05) is 13.7 Å². The molecule has 216 valence electrons. The van der Waals surface area contributed by atoms with E-state index in [1.165, 1.54) is 21.0 Å². The minimum absolute atomic E-state index is 0.0549. The molecule has 0 radical (unpaired) electrons. The van der Waals surface area contributed by atoms with Crippen LogP contribution in [0.5, 0.6) is 0 Å². The molecule has 0 spiro atoms. The third kappa shape index (κ3) is 3.62. The molecule has 3 fully saturated rings. The fraction of sp³-hybridized carbons (Fsp3) is 0.600. The van der Waals surface area contributed by atoms with Gasteiger partial charge in [-0.25, -0.2) is 4.79 Å². The first-order valence-electron chi connectivity index (χ1n) is 13.5. The van der Waals surface area contributed by atoms with Crippen LogP contribution < -0.4 is 0 Å². The second-order valence-corrected chi connectivity index (χ2v) is 12.2. The molecule has 0 amide bonds. The molecule has 8 atom stereocenters. The summed E-state index contributed by atoms with van der Waals surface area (Å²) in [5.41, 5.74) is -6.14. The maximum Gasteiger partial charge on any atom is 0.338 e. The van der Waals surface area contributed by atoms with E-state index in [9.17, 15) is 29.4 Å². The number of methoxy groups -OCH3 is 1. The lowest BCUT2D eigenvalue weighted by molar-refractivity contribution is -0.343. The van der Waals surface area contributed by atoms with Gasteiger partial charge in [0.15, 0.2) is 5.60 Å². The molecule has 1 saturated heterocycles. The van der Waals surface area contributed by atoms with Gasteiger partial charge in [-0.3, -0.25) is 14.4 Å². The Bertz CT molecular complexity index is 1300. The fourth-order valence-electron chi connectivity index (χ4n) is 7.69. The van der Waals surface area contributed by atoms with Crippen LogP contribution >= 0.6 is 0 Å². The second kappa shape index (κ2) is 9.30. The SMILES string of the molecule is COC1C[C@@]2(O)[C@@H](OC(=O)c3ccccc3)[C@@H]3[C@]4(OC(C)=O)CO[C@@H]4C[C@H](O)[C@@]3(C)C(=O)C(=O)C(=C1C)C2(C)C. The van der Waals surface area contributed by atoms with Crippen molar-refractivity contribution >= 4 is 23.5 Å². The Balaban J connectivity index is 1.83. The Labute approximate surface area is 232 Å². The standard InChI is InChI=1S/C30H36O10/c1-15-18(37-6)13-30(36)25(39-26(35)17-10-8-7-9-11-17)23-28(5,24(34)22(33)21(15)27(30,3)4)19(32)12-20-29(23,14-38-20)40-16(2)31/h7-11,18-20,23,25,32,36H,12-14H2,1-6H3/t18?,19-,20+,23-,25-,28+,29-,30+/m0/s1. The van der Waals surface area contributed by atoms with E-state index < -0.39 is 75.9 Å². The number of esters is 2. The maximum absolute atomic E-state index is 14.3. The predicted octanol–water partition coefficient (Wildman–Crippen LogP) is 1.94. The molecule has 1 heterocycles. The maximum atomic E-state index is 14.3. The monoisotopic (exact) mass is 556 g/mol. The lowest BCUT2D eigenvalue weighted by Crippen LogP contribution is -2.81. The van der Waals surface area contributed by atoms with Crippen LogP contribution in [0.15, 0.2) is 41.5 Å². The van der Waals surface area contributed by atoms with Crippen LogP contribution in [0, 0.1) is 16.7 Å². The number of carbonyl (C=O) groups is 4. The van der Waals surface area contributed by atoms with Crippen LogP contribution in [0.4, 0.5) is 0 Å². The van der Waals surface area contributed by atoms with Gasteiger partial charge in [0.2, 0.25) is 11.6 Å².